The number of fused-ring (bicyclic) bond motifs is 5. The van der Waals surface area contributed by atoms with Crippen LogP contribution in [0.3, 0.4) is 0 Å². The smallest absolute Gasteiger partial charge is 0.184 e. The summed E-state index contributed by atoms with van der Waals surface area (Å²) in [7, 11) is -1.47. The Balaban J connectivity index is 1.59. The van der Waals surface area contributed by atoms with Crippen LogP contribution in [-0.2, 0) is 4.43 Å². The molecule has 0 aromatic heterocycles. The van der Waals surface area contributed by atoms with Crippen molar-refractivity contribution in [2.75, 3.05) is 0 Å². The Bertz CT molecular complexity index is 660. The molecule has 0 aromatic rings. The van der Waals surface area contributed by atoms with Crippen LogP contribution in [0.4, 0.5) is 0 Å². The summed E-state index contributed by atoms with van der Waals surface area (Å²) < 4.78 is 6.49. The molecule has 4 rings (SSSR count). The Hall–Kier alpha value is -0.383. The normalized spacial score (nSPS) is 48.6. The molecule has 2 nitrogen and oxygen atoms in total. The monoisotopic (exact) mass is 388 g/mol. The van der Waals surface area contributed by atoms with E-state index >= 15 is 0 Å². The van der Waals surface area contributed by atoms with Gasteiger partial charge in [0.2, 0.25) is 0 Å². The minimum Gasteiger partial charge on any atom is -0.414 e. The molecule has 0 heterocycles. The molecule has 0 saturated heterocycles. The van der Waals surface area contributed by atoms with Crippen LogP contribution in [0.15, 0.2) is 23.3 Å². The van der Waals surface area contributed by atoms with Gasteiger partial charge in [0, 0.05) is 6.10 Å². The second-order valence-corrected chi connectivity index (χ2v) is 15.8. The highest BCUT2D eigenvalue weighted by atomic mass is 28.4. The number of hydrogen-bond donors (Lipinski definition) is 1. The minimum absolute atomic E-state index is 0.206. The molecule has 4 unspecified atom stereocenters. The Morgan fingerprint density at radius 1 is 1.11 bits per heavy atom. The van der Waals surface area contributed by atoms with Gasteiger partial charge in [-0.3, -0.25) is 0 Å². The van der Waals surface area contributed by atoms with Gasteiger partial charge in [0.1, 0.15) is 0 Å². The molecule has 1 N–H and O–H groups in total. The van der Waals surface area contributed by atoms with E-state index in [-0.39, 0.29) is 11.5 Å². The van der Waals surface area contributed by atoms with Crippen molar-refractivity contribution in [2.45, 2.75) is 97.6 Å². The zero-order chi connectivity index (χ0) is 19.6. The zero-order valence-corrected chi connectivity index (χ0v) is 19.3. The molecule has 0 aliphatic heterocycles. The molecule has 27 heavy (non-hydrogen) atoms. The highest BCUT2D eigenvalue weighted by Gasteiger charge is 2.59. The van der Waals surface area contributed by atoms with Crippen molar-refractivity contribution >= 4 is 8.32 Å². The third-order valence-corrected chi connectivity index (χ3v) is 9.82. The molecule has 3 fully saturated rings. The lowest BCUT2D eigenvalue weighted by Gasteiger charge is -2.57. The van der Waals surface area contributed by atoms with Gasteiger partial charge in [-0.15, -0.1) is 0 Å². The maximum Gasteiger partial charge on any atom is 0.184 e. The van der Waals surface area contributed by atoms with Gasteiger partial charge in [-0.25, -0.2) is 0 Å². The van der Waals surface area contributed by atoms with E-state index in [4.69, 9.17) is 4.43 Å². The molecule has 0 radical (unpaired) electrons. The van der Waals surface area contributed by atoms with Crippen LogP contribution < -0.4 is 0 Å². The fraction of sp³-hybridized carbons (Fsp3) is 0.833. The van der Waals surface area contributed by atoms with Gasteiger partial charge >= 0.3 is 0 Å². The van der Waals surface area contributed by atoms with E-state index in [1.807, 2.05) is 0 Å². The summed E-state index contributed by atoms with van der Waals surface area (Å²) in [6.07, 6.45) is 13.5. The van der Waals surface area contributed by atoms with E-state index in [0.717, 1.165) is 24.7 Å². The van der Waals surface area contributed by atoms with Crippen molar-refractivity contribution in [3.8, 4) is 0 Å². The van der Waals surface area contributed by atoms with Crippen molar-refractivity contribution in [3.05, 3.63) is 23.3 Å². The Labute approximate surface area is 167 Å². The van der Waals surface area contributed by atoms with Crippen LogP contribution >= 0.6 is 0 Å². The maximum atomic E-state index is 10.7. The molecule has 3 heteroatoms. The predicted molar refractivity (Wildman–Crippen MR) is 115 cm³/mol. The molecule has 152 valence electrons. The van der Waals surface area contributed by atoms with Crippen molar-refractivity contribution < 1.29 is 9.53 Å². The van der Waals surface area contributed by atoms with Crippen LogP contribution in [0.2, 0.25) is 19.6 Å². The number of aliphatic hydroxyl groups excluding tert-OH is 1. The lowest BCUT2D eigenvalue weighted by atomic mass is 9.48. The molecule has 7 atom stereocenters. The van der Waals surface area contributed by atoms with E-state index in [2.05, 4.69) is 52.6 Å². The summed E-state index contributed by atoms with van der Waals surface area (Å²) in [5.41, 5.74) is 3.63. The molecule has 0 amide bonds. The summed E-state index contributed by atoms with van der Waals surface area (Å²) in [6, 6.07) is 0. The van der Waals surface area contributed by atoms with Gasteiger partial charge in [-0.2, -0.15) is 0 Å². The molecule has 3 saturated carbocycles. The Kier molecular flexibility index (Phi) is 4.84. The van der Waals surface area contributed by atoms with E-state index in [0.29, 0.717) is 17.4 Å². The van der Waals surface area contributed by atoms with Gasteiger partial charge in [-0.05, 0) is 106 Å². The first-order chi connectivity index (χ1) is 12.6. The number of rotatable bonds is 2. The standard InChI is InChI=1S/C24H40O2Si/c1-7-19-22(25)15-21-18-9-8-16-14-17(26-27(4,5)6)10-12-23(16,2)20(18)11-13-24(19,21)3/h7-8,17-18,20-22,25H,9-15H2,1-6H3/b19-7+/t17-,18?,20?,21?,22?,23-,24+/m0/s1. The average Bonchev–Trinajstić information content (AvgIpc) is 2.83. The molecule has 4 aliphatic carbocycles. The van der Waals surface area contributed by atoms with E-state index < -0.39 is 8.32 Å². The van der Waals surface area contributed by atoms with Gasteiger partial charge in [0.15, 0.2) is 8.32 Å². The van der Waals surface area contributed by atoms with E-state index in [1.165, 1.54) is 37.7 Å². The van der Waals surface area contributed by atoms with Crippen molar-refractivity contribution in [3.63, 3.8) is 0 Å². The molecule has 0 aromatic carbocycles. The van der Waals surface area contributed by atoms with Crippen molar-refractivity contribution in [1.29, 1.82) is 0 Å². The van der Waals surface area contributed by atoms with Crippen LogP contribution in [0.1, 0.15) is 65.7 Å². The minimum atomic E-state index is -1.47. The summed E-state index contributed by atoms with van der Waals surface area (Å²) in [5.74, 6) is 2.20. The fourth-order valence-corrected chi connectivity index (χ4v) is 8.81. The molecule has 0 bridgehead atoms. The number of hydrogen-bond acceptors (Lipinski definition) is 2. The van der Waals surface area contributed by atoms with Crippen LogP contribution in [-0.4, -0.2) is 25.6 Å². The van der Waals surface area contributed by atoms with Crippen LogP contribution in [0, 0.1) is 28.6 Å². The van der Waals surface area contributed by atoms with Crippen LogP contribution in [0.25, 0.3) is 0 Å². The zero-order valence-electron chi connectivity index (χ0n) is 18.3. The highest BCUT2D eigenvalue weighted by Crippen LogP contribution is 2.66. The molecule has 4 aliphatic rings. The summed E-state index contributed by atoms with van der Waals surface area (Å²) in [5, 5.41) is 10.7. The number of aliphatic hydroxyl groups is 1. The Morgan fingerprint density at radius 2 is 1.81 bits per heavy atom. The second-order valence-electron chi connectivity index (χ2n) is 11.3. The molecular weight excluding hydrogens is 348 g/mol. The summed E-state index contributed by atoms with van der Waals surface area (Å²) in [6.45, 7) is 14.1. The first-order valence-electron chi connectivity index (χ1n) is 11.3. The quantitative estimate of drug-likeness (QED) is 0.458. The lowest BCUT2D eigenvalue weighted by Crippen LogP contribution is -2.50. The van der Waals surface area contributed by atoms with Crippen molar-refractivity contribution in [1.82, 2.24) is 0 Å². The van der Waals surface area contributed by atoms with Gasteiger partial charge in [0.25, 0.3) is 0 Å². The molecular formula is C24H40O2Si. The SMILES string of the molecule is C/C=C1\C(O)CC2C3CC=C4C[C@@H](O[Si](C)(C)C)CC[C@]4(C)C3CC[C@]12C. The maximum absolute atomic E-state index is 10.7. The third-order valence-electron chi connectivity index (χ3n) is 8.78. The van der Waals surface area contributed by atoms with Crippen molar-refractivity contribution in [2.24, 2.45) is 28.6 Å². The largest absolute Gasteiger partial charge is 0.414 e. The lowest BCUT2D eigenvalue weighted by molar-refractivity contribution is -0.0259. The second kappa shape index (κ2) is 6.57. The predicted octanol–water partition coefficient (Wildman–Crippen LogP) is 6.09. The first kappa shape index (κ1) is 19.9. The van der Waals surface area contributed by atoms with Gasteiger partial charge < -0.3 is 9.53 Å². The van der Waals surface area contributed by atoms with Crippen LogP contribution in [0.5, 0.6) is 0 Å². The summed E-state index contributed by atoms with van der Waals surface area (Å²) >= 11 is 0. The van der Waals surface area contributed by atoms with Gasteiger partial charge in [0.05, 0.1) is 6.10 Å². The average molecular weight is 389 g/mol. The van der Waals surface area contributed by atoms with Gasteiger partial charge in [-0.1, -0.05) is 31.6 Å². The number of allylic oxidation sites excluding steroid dienone is 2. The highest BCUT2D eigenvalue weighted by molar-refractivity contribution is 6.69. The summed E-state index contributed by atoms with van der Waals surface area (Å²) in [4.78, 5) is 0. The van der Waals surface area contributed by atoms with E-state index in [1.54, 1.807) is 5.57 Å². The first-order valence-corrected chi connectivity index (χ1v) is 14.7. The fourth-order valence-electron chi connectivity index (χ4n) is 7.61. The molecule has 0 spiro atoms. The topological polar surface area (TPSA) is 29.5 Å². The Morgan fingerprint density at radius 3 is 2.48 bits per heavy atom. The van der Waals surface area contributed by atoms with E-state index in [9.17, 15) is 5.11 Å². The third kappa shape index (κ3) is 3.13.